The molecule has 3 N–H and O–H groups in total. The summed E-state index contributed by atoms with van der Waals surface area (Å²) in [5.74, 6) is -0.161. The summed E-state index contributed by atoms with van der Waals surface area (Å²) in [5.41, 5.74) is 6.97. The molecule has 0 aliphatic carbocycles. The van der Waals surface area contributed by atoms with E-state index in [9.17, 15) is 4.79 Å². The van der Waals surface area contributed by atoms with E-state index in [4.69, 9.17) is 5.73 Å². The van der Waals surface area contributed by atoms with Gasteiger partial charge in [0.1, 0.15) is 6.04 Å². The molecule has 0 spiro atoms. The first-order chi connectivity index (χ1) is 9.09. The second-order valence-corrected chi connectivity index (χ2v) is 6.08. The zero-order valence-electron chi connectivity index (χ0n) is 10.5. The molecule has 0 aliphatic heterocycles. The van der Waals surface area contributed by atoms with Crippen LogP contribution in [0.25, 0.3) is 0 Å². The number of hydrogen-bond donors (Lipinski definition) is 2. The summed E-state index contributed by atoms with van der Waals surface area (Å²) in [7, 11) is 0. The van der Waals surface area contributed by atoms with E-state index in [0.29, 0.717) is 0 Å². The van der Waals surface area contributed by atoms with Crippen LogP contribution < -0.4 is 11.1 Å². The highest BCUT2D eigenvalue weighted by Crippen LogP contribution is 2.24. The fraction of sp³-hybridized carbons (Fsp3) is 0.214. The quantitative estimate of drug-likeness (QED) is 0.897. The predicted octanol–water partition coefficient (Wildman–Crippen LogP) is 3.39. The van der Waals surface area contributed by atoms with Crippen molar-refractivity contribution in [3.63, 3.8) is 0 Å². The van der Waals surface area contributed by atoms with Gasteiger partial charge >= 0.3 is 0 Å². The highest BCUT2D eigenvalue weighted by molar-refractivity contribution is 9.10. The number of benzene rings is 1. The standard InChI is InChI=1S/C14H15BrN2OS/c1-9(10-5-2-3-6-11(10)15)17-14(18)13(16)12-7-4-8-19-12/h2-9,13H,16H2,1H3,(H,17,18)/t9-,13?/m0/s1. The molecule has 2 rings (SSSR count). The number of nitrogens with two attached hydrogens (primary N) is 1. The number of carbonyl (C=O) groups excluding carboxylic acids is 1. The molecule has 0 saturated carbocycles. The van der Waals surface area contributed by atoms with Gasteiger partial charge in [0.2, 0.25) is 5.91 Å². The van der Waals surface area contributed by atoms with Crippen LogP contribution in [0.5, 0.6) is 0 Å². The molecule has 2 atom stereocenters. The molecule has 3 nitrogen and oxygen atoms in total. The predicted molar refractivity (Wildman–Crippen MR) is 81.9 cm³/mol. The average Bonchev–Trinajstić information content (AvgIpc) is 2.92. The van der Waals surface area contributed by atoms with Crippen molar-refractivity contribution < 1.29 is 4.79 Å². The van der Waals surface area contributed by atoms with Crippen molar-refractivity contribution in [1.82, 2.24) is 5.32 Å². The molecule has 0 radical (unpaired) electrons. The first kappa shape index (κ1) is 14.2. The van der Waals surface area contributed by atoms with E-state index in [-0.39, 0.29) is 11.9 Å². The molecule has 100 valence electrons. The van der Waals surface area contributed by atoms with Crippen LogP contribution >= 0.6 is 27.3 Å². The minimum atomic E-state index is -0.607. The second-order valence-electron chi connectivity index (χ2n) is 4.24. The number of amides is 1. The molecule has 19 heavy (non-hydrogen) atoms. The number of nitrogens with one attached hydrogen (secondary N) is 1. The lowest BCUT2D eigenvalue weighted by atomic mass is 10.1. The molecule has 1 unspecified atom stereocenters. The van der Waals surface area contributed by atoms with Gasteiger partial charge in [-0.2, -0.15) is 0 Å². The highest BCUT2D eigenvalue weighted by atomic mass is 79.9. The fourth-order valence-electron chi connectivity index (χ4n) is 1.80. The van der Waals surface area contributed by atoms with Crippen LogP contribution in [0.15, 0.2) is 46.3 Å². The van der Waals surface area contributed by atoms with Crippen molar-refractivity contribution in [2.45, 2.75) is 19.0 Å². The summed E-state index contributed by atoms with van der Waals surface area (Å²) in [6.45, 7) is 1.94. The van der Waals surface area contributed by atoms with Gasteiger partial charge < -0.3 is 11.1 Å². The van der Waals surface area contributed by atoms with Crippen LogP contribution in [0, 0.1) is 0 Å². The Morgan fingerprint density at radius 3 is 2.68 bits per heavy atom. The molecule has 0 bridgehead atoms. The van der Waals surface area contributed by atoms with Gasteiger partial charge in [-0.1, -0.05) is 40.2 Å². The summed E-state index contributed by atoms with van der Waals surface area (Å²) in [4.78, 5) is 13.0. The minimum absolute atomic E-state index is 0.0888. The van der Waals surface area contributed by atoms with Gasteiger partial charge in [-0.05, 0) is 30.0 Å². The zero-order chi connectivity index (χ0) is 13.8. The smallest absolute Gasteiger partial charge is 0.242 e. The first-order valence-electron chi connectivity index (χ1n) is 5.93. The van der Waals surface area contributed by atoms with Crippen molar-refractivity contribution in [2.24, 2.45) is 5.73 Å². The van der Waals surface area contributed by atoms with E-state index in [1.807, 2.05) is 48.7 Å². The molecule has 5 heteroatoms. The number of thiophene rings is 1. The van der Waals surface area contributed by atoms with Gasteiger partial charge in [0.05, 0.1) is 6.04 Å². The summed E-state index contributed by atoms with van der Waals surface area (Å²) < 4.78 is 0.979. The summed E-state index contributed by atoms with van der Waals surface area (Å²) in [6, 6.07) is 10.9. The summed E-state index contributed by atoms with van der Waals surface area (Å²) >= 11 is 4.97. The van der Waals surface area contributed by atoms with Crippen molar-refractivity contribution in [1.29, 1.82) is 0 Å². The fourth-order valence-corrected chi connectivity index (χ4v) is 3.16. The lowest BCUT2D eigenvalue weighted by Gasteiger charge is -2.18. The average molecular weight is 339 g/mol. The normalized spacial score (nSPS) is 13.8. The number of hydrogen-bond acceptors (Lipinski definition) is 3. The van der Waals surface area contributed by atoms with E-state index in [1.165, 1.54) is 11.3 Å². The van der Waals surface area contributed by atoms with E-state index < -0.39 is 6.04 Å². The topological polar surface area (TPSA) is 55.1 Å². The monoisotopic (exact) mass is 338 g/mol. The third-order valence-corrected chi connectivity index (χ3v) is 4.54. The van der Waals surface area contributed by atoms with Gasteiger partial charge in [0.15, 0.2) is 0 Å². The Morgan fingerprint density at radius 2 is 2.05 bits per heavy atom. The van der Waals surface area contributed by atoms with Crippen LogP contribution in [-0.2, 0) is 4.79 Å². The lowest BCUT2D eigenvalue weighted by Crippen LogP contribution is -2.35. The van der Waals surface area contributed by atoms with E-state index in [0.717, 1.165) is 14.9 Å². The molecule has 1 heterocycles. The molecule has 0 saturated heterocycles. The van der Waals surface area contributed by atoms with Crippen molar-refractivity contribution in [3.05, 3.63) is 56.7 Å². The van der Waals surface area contributed by atoms with Gasteiger partial charge in [-0.3, -0.25) is 4.79 Å². The van der Waals surface area contributed by atoms with Crippen LogP contribution in [0.1, 0.15) is 29.4 Å². The molecular weight excluding hydrogens is 324 g/mol. The Labute approximate surface area is 125 Å². The molecular formula is C14H15BrN2OS. The van der Waals surface area contributed by atoms with E-state index in [1.54, 1.807) is 0 Å². The Bertz CT molecular complexity index is 556. The number of halogens is 1. The Kier molecular flexibility index (Phi) is 4.74. The lowest BCUT2D eigenvalue weighted by molar-refractivity contribution is -0.123. The van der Waals surface area contributed by atoms with Gasteiger partial charge in [0, 0.05) is 9.35 Å². The van der Waals surface area contributed by atoms with E-state index >= 15 is 0 Å². The maximum Gasteiger partial charge on any atom is 0.242 e. The molecule has 0 fully saturated rings. The Balaban J connectivity index is 2.05. The first-order valence-corrected chi connectivity index (χ1v) is 7.60. The number of rotatable bonds is 4. The van der Waals surface area contributed by atoms with Crippen LogP contribution in [0.3, 0.4) is 0 Å². The summed E-state index contributed by atoms with van der Waals surface area (Å²) in [5, 5.41) is 4.85. The van der Waals surface area contributed by atoms with Crippen LogP contribution in [-0.4, -0.2) is 5.91 Å². The SMILES string of the molecule is C[C@H](NC(=O)C(N)c1cccs1)c1ccccc1Br. The molecule has 1 amide bonds. The molecule has 1 aromatic heterocycles. The third kappa shape index (κ3) is 3.43. The van der Waals surface area contributed by atoms with Gasteiger partial charge in [0.25, 0.3) is 0 Å². The van der Waals surface area contributed by atoms with Crippen LogP contribution in [0.2, 0.25) is 0 Å². The van der Waals surface area contributed by atoms with Gasteiger partial charge in [-0.25, -0.2) is 0 Å². The third-order valence-electron chi connectivity index (χ3n) is 2.86. The maximum absolute atomic E-state index is 12.1. The van der Waals surface area contributed by atoms with Crippen molar-refractivity contribution in [3.8, 4) is 0 Å². The highest BCUT2D eigenvalue weighted by Gasteiger charge is 2.19. The Morgan fingerprint density at radius 1 is 1.32 bits per heavy atom. The molecule has 2 aromatic rings. The summed E-state index contributed by atoms with van der Waals surface area (Å²) in [6.07, 6.45) is 0. The van der Waals surface area contributed by atoms with Crippen molar-refractivity contribution >= 4 is 33.2 Å². The molecule has 0 aliphatic rings. The number of carbonyl (C=O) groups is 1. The van der Waals surface area contributed by atoms with Crippen molar-refractivity contribution in [2.75, 3.05) is 0 Å². The minimum Gasteiger partial charge on any atom is -0.348 e. The molecule has 1 aromatic carbocycles. The Hall–Kier alpha value is -1.17. The maximum atomic E-state index is 12.1. The zero-order valence-corrected chi connectivity index (χ0v) is 12.9. The van der Waals surface area contributed by atoms with Crippen LogP contribution in [0.4, 0.5) is 0 Å². The van der Waals surface area contributed by atoms with Gasteiger partial charge in [-0.15, -0.1) is 11.3 Å². The largest absolute Gasteiger partial charge is 0.348 e. The van der Waals surface area contributed by atoms with E-state index in [2.05, 4.69) is 21.2 Å². The second kappa shape index (κ2) is 6.32.